The molecule has 0 saturated heterocycles. The Morgan fingerprint density at radius 3 is 2.27 bits per heavy atom. The van der Waals surface area contributed by atoms with E-state index in [9.17, 15) is 0 Å². The van der Waals surface area contributed by atoms with Gasteiger partial charge in [0.1, 0.15) is 12.4 Å². The molecule has 0 aliphatic rings. The highest BCUT2D eigenvalue weighted by atomic mass is 16.5. The normalized spacial score (nSPS) is 11.1. The summed E-state index contributed by atoms with van der Waals surface area (Å²) in [4.78, 5) is 4.78. The average molecular weight is 395 g/mol. The van der Waals surface area contributed by atoms with Crippen LogP contribution in [0, 0.1) is 0 Å². The van der Waals surface area contributed by atoms with Gasteiger partial charge in [0.2, 0.25) is 0 Å². The van der Waals surface area contributed by atoms with Gasteiger partial charge in [-0.15, -0.1) is 0 Å². The zero-order valence-corrected chi connectivity index (χ0v) is 16.9. The molecule has 0 aliphatic heterocycles. The third-order valence-corrected chi connectivity index (χ3v) is 5.39. The quantitative estimate of drug-likeness (QED) is 0.335. The number of hydrogen-bond donors (Lipinski definition) is 0. The lowest BCUT2D eigenvalue weighted by molar-refractivity contribution is 0.306. The summed E-state index contributed by atoms with van der Waals surface area (Å²) in [6, 6.07) is 24.5. The van der Waals surface area contributed by atoms with Gasteiger partial charge < -0.3 is 14.2 Å². The van der Waals surface area contributed by atoms with E-state index in [-0.39, 0.29) is 0 Å². The zero-order valence-electron chi connectivity index (χ0n) is 16.9. The van der Waals surface area contributed by atoms with E-state index in [4.69, 9.17) is 19.2 Å². The molecule has 30 heavy (non-hydrogen) atoms. The lowest BCUT2D eigenvalue weighted by Gasteiger charge is -2.12. The van der Waals surface area contributed by atoms with Crippen molar-refractivity contribution in [3.05, 3.63) is 84.6 Å². The molecule has 0 N–H and O–H groups in total. The maximum absolute atomic E-state index is 6.04. The lowest BCUT2D eigenvalue weighted by Crippen LogP contribution is -1.95. The van der Waals surface area contributed by atoms with Gasteiger partial charge in [-0.1, -0.05) is 48.5 Å². The van der Waals surface area contributed by atoms with E-state index in [0.29, 0.717) is 18.1 Å². The second kappa shape index (κ2) is 7.56. The Bertz CT molecular complexity index is 1360. The van der Waals surface area contributed by atoms with Crippen LogP contribution in [0.1, 0.15) is 5.56 Å². The molecule has 4 heteroatoms. The number of benzene rings is 4. The van der Waals surface area contributed by atoms with Gasteiger partial charge in [0.15, 0.2) is 11.5 Å². The van der Waals surface area contributed by atoms with E-state index in [0.717, 1.165) is 43.8 Å². The Balaban J connectivity index is 1.63. The van der Waals surface area contributed by atoms with Gasteiger partial charge >= 0.3 is 0 Å². The van der Waals surface area contributed by atoms with Gasteiger partial charge in [0.25, 0.3) is 0 Å². The molecule has 0 unspecified atom stereocenters. The number of rotatable bonds is 5. The zero-order chi connectivity index (χ0) is 20.5. The number of ether oxygens (including phenoxy) is 3. The van der Waals surface area contributed by atoms with Gasteiger partial charge in [0, 0.05) is 22.4 Å². The highest BCUT2D eigenvalue weighted by Gasteiger charge is 2.11. The fourth-order valence-corrected chi connectivity index (χ4v) is 3.84. The van der Waals surface area contributed by atoms with Crippen LogP contribution < -0.4 is 14.2 Å². The highest BCUT2D eigenvalue weighted by molar-refractivity contribution is 6.15. The molecule has 5 aromatic rings. The SMILES string of the molecule is COc1cc2cnc3c4cc(OCc5ccccc5)ccc4ccc3c2cc1OC. The van der Waals surface area contributed by atoms with Crippen molar-refractivity contribution in [3.8, 4) is 17.2 Å². The van der Waals surface area contributed by atoms with Gasteiger partial charge in [0.05, 0.1) is 19.7 Å². The molecule has 1 heterocycles. The van der Waals surface area contributed by atoms with Crippen LogP contribution in [0.15, 0.2) is 79.0 Å². The van der Waals surface area contributed by atoms with Crippen LogP contribution in [-0.2, 0) is 6.61 Å². The van der Waals surface area contributed by atoms with Crippen molar-refractivity contribution in [2.75, 3.05) is 14.2 Å². The highest BCUT2D eigenvalue weighted by Crippen LogP contribution is 2.37. The van der Waals surface area contributed by atoms with Gasteiger partial charge in [-0.25, -0.2) is 0 Å². The fraction of sp³-hybridized carbons (Fsp3) is 0.115. The predicted octanol–water partition coefficient (Wildman–Crippen LogP) is 6.14. The first-order valence-electron chi connectivity index (χ1n) is 9.81. The Morgan fingerprint density at radius 1 is 0.700 bits per heavy atom. The number of aromatic nitrogens is 1. The molecule has 0 saturated carbocycles. The molecule has 1 aromatic heterocycles. The topological polar surface area (TPSA) is 40.6 Å². The first-order valence-corrected chi connectivity index (χ1v) is 9.81. The maximum atomic E-state index is 6.04. The molecule has 4 aromatic carbocycles. The summed E-state index contributed by atoms with van der Waals surface area (Å²) in [6.07, 6.45) is 1.89. The molecule has 0 bridgehead atoms. The smallest absolute Gasteiger partial charge is 0.161 e. The third kappa shape index (κ3) is 3.16. The molecule has 5 rings (SSSR count). The lowest BCUT2D eigenvalue weighted by atomic mass is 10.0. The van der Waals surface area contributed by atoms with Gasteiger partial charge in [-0.3, -0.25) is 4.98 Å². The number of nitrogens with zero attached hydrogens (tertiary/aromatic N) is 1. The summed E-state index contributed by atoms with van der Waals surface area (Å²) in [7, 11) is 3.29. The van der Waals surface area contributed by atoms with E-state index >= 15 is 0 Å². The van der Waals surface area contributed by atoms with E-state index in [1.165, 1.54) is 0 Å². The molecule has 0 amide bonds. The second-order valence-electron chi connectivity index (χ2n) is 7.17. The van der Waals surface area contributed by atoms with Crippen molar-refractivity contribution in [3.63, 3.8) is 0 Å². The molecule has 0 fully saturated rings. The molecule has 4 nitrogen and oxygen atoms in total. The molecule has 0 radical (unpaired) electrons. The molecule has 0 spiro atoms. The first kappa shape index (κ1) is 18.3. The van der Waals surface area contributed by atoms with Crippen LogP contribution in [0.25, 0.3) is 32.4 Å². The Hall–Kier alpha value is -3.79. The second-order valence-corrected chi connectivity index (χ2v) is 7.17. The van der Waals surface area contributed by atoms with Crippen molar-refractivity contribution in [2.45, 2.75) is 6.61 Å². The molecule has 148 valence electrons. The van der Waals surface area contributed by atoms with Crippen molar-refractivity contribution in [1.82, 2.24) is 4.98 Å². The van der Waals surface area contributed by atoms with E-state index in [1.54, 1.807) is 14.2 Å². The summed E-state index contributed by atoms with van der Waals surface area (Å²) in [5.74, 6) is 2.23. The Labute approximate surface area is 174 Å². The third-order valence-electron chi connectivity index (χ3n) is 5.39. The number of hydrogen-bond acceptors (Lipinski definition) is 4. The van der Waals surface area contributed by atoms with Gasteiger partial charge in [-0.05, 0) is 40.6 Å². The maximum Gasteiger partial charge on any atom is 0.161 e. The van der Waals surface area contributed by atoms with Crippen LogP contribution in [-0.4, -0.2) is 19.2 Å². The van der Waals surface area contributed by atoms with Crippen LogP contribution in [0.2, 0.25) is 0 Å². The Morgan fingerprint density at radius 2 is 1.47 bits per heavy atom. The molecule has 0 atom stereocenters. The van der Waals surface area contributed by atoms with E-state index < -0.39 is 0 Å². The minimum atomic E-state index is 0.532. The van der Waals surface area contributed by atoms with Crippen molar-refractivity contribution >= 4 is 32.4 Å². The van der Waals surface area contributed by atoms with Crippen LogP contribution in [0.4, 0.5) is 0 Å². The molecular formula is C26H21NO3. The van der Waals surface area contributed by atoms with Crippen LogP contribution >= 0.6 is 0 Å². The molecule has 0 aliphatic carbocycles. The van der Waals surface area contributed by atoms with E-state index in [1.807, 2.05) is 42.6 Å². The minimum Gasteiger partial charge on any atom is -0.493 e. The monoisotopic (exact) mass is 395 g/mol. The van der Waals surface area contributed by atoms with Crippen molar-refractivity contribution in [1.29, 1.82) is 0 Å². The number of methoxy groups -OCH3 is 2. The number of pyridine rings is 1. The van der Waals surface area contributed by atoms with Gasteiger partial charge in [-0.2, -0.15) is 0 Å². The number of fused-ring (bicyclic) bond motifs is 5. The predicted molar refractivity (Wildman–Crippen MR) is 121 cm³/mol. The summed E-state index contributed by atoms with van der Waals surface area (Å²) < 4.78 is 17.0. The van der Waals surface area contributed by atoms with Crippen LogP contribution in [0.3, 0.4) is 0 Å². The average Bonchev–Trinajstić information content (AvgIpc) is 2.81. The summed E-state index contributed by atoms with van der Waals surface area (Å²) in [5.41, 5.74) is 2.08. The standard InChI is InChI=1S/C26H21NO3/c1-28-24-12-19-15-27-26-21(22(19)14-25(24)29-2)11-9-18-8-10-20(13-23(18)26)30-16-17-6-4-3-5-7-17/h3-15H,16H2,1-2H3. The summed E-state index contributed by atoms with van der Waals surface area (Å²) in [5, 5.41) is 5.35. The summed E-state index contributed by atoms with van der Waals surface area (Å²) in [6.45, 7) is 0.532. The van der Waals surface area contributed by atoms with Crippen molar-refractivity contribution < 1.29 is 14.2 Å². The van der Waals surface area contributed by atoms with E-state index in [2.05, 4.69) is 36.4 Å². The minimum absolute atomic E-state index is 0.532. The largest absolute Gasteiger partial charge is 0.493 e. The van der Waals surface area contributed by atoms with Crippen molar-refractivity contribution in [2.24, 2.45) is 0 Å². The fourth-order valence-electron chi connectivity index (χ4n) is 3.84. The summed E-state index contributed by atoms with van der Waals surface area (Å²) >= 11 is 0. The molecular weight excluding hydrogens is 374 g/mol. The first-order chi connectivity index (χ1) is 14.8. The Kier molecular flexibility index (Phi) is 4.60. The van der Waals surface area contributed by atoms with Crippen LogP contribution in [0.5, 0.6) is 17.2 Å².